The van der Waals surface area contributed by atoms with Gasteiger partial charge >= 0.3 is 0 Å². The second kappa shape index (κ2) is 6.70. The van der Waals surface area contributed by atoms with E-state index in [0.29, 0.717) is 6.61 Å². The van der Waals surface area contributed by atoms with Gasteiger partial charge in [-0.05, 0) is 49.1 Å². The van der Waals surface area contributed by atoms with Gasteiger partial charge in [0.2, 0.25) is 5.91 Å². The van der Waals surface area contributed by atoms with E-state index in [9.17, 15) is 4.79 Å². The van der Waals surface area contributed by atoms with Gasteiger partial charge in [-0.1, -0.05) is 6.92 Å². The Morgan fingerprint density at radius 1 is 1.50 bits per heavy atom. The molecule has 2 heterocycles. The van der Waals surface area contributed by atoms with Gasteiger partial charge < -0.3 is 9.64 Å². The molecule has 20 heavy (non-hydrogen) atoms. The van der Waals surface area contributed by atoms with Crippen molar-refractivity contribution in [3.8, 4) is 0 Å². The summed E-state index contributed by atoms with van der Waals surface area (Å²) in [5, 5.41) is 7.67. The van der Waals surface area contributed by atoms with Crippen LogP contribution in [0.25, 0.3) is 0 Å². The lowest BCUT2D eigenvalue weighted by molar-refractivity contribution is -0.133. The van der Waals surface area contributed by atoms with E-state index in [1.807, 2.05) is 18.7 Å². The third-order valence-corrected chi connectivity index (χ3v) is 4.66. The van der Waals surface area contributed by atoms with Crippen LogP contribution in [0.2, 0.25) is 0 Å². The fourth-order valence-corrected chi connectivity index (χ4v) is 3.21. The smallest absolute Gasteiger partial charge is 0.244 e. The van der Waals surface area contributed by atoms with Crippen LogP contribution >= 0.6 is 11.3 Å². The second-order valence-corrected chi connectivity index (χ2v) is 6.12. The van der Waals surface area contributed by atoms with Crippen LogP contribution in [-0.4, -0.2) is 36.1 Å². The quantitative estimate of drug-likeness (QED) is 0.787. The highest BCUT2D eigenvalue weighted by Crippen LogP contribution is 2.33. The molecule has 1 aromatic heterocycles. The molecule has 1 aliphatic rings. The molecule has 0 spiro atoms. The Kier molecular flexibility index (Phi) is 5.18. The lowest BCUT2D eigenvalue weighted by Gasteiger charge is -2.23. The van der Waals surface area contributed by atoms with E-state index < -0.39 is 5.54 Å². The molecule has 5 heteroatoms. The molecule has 112 valence electrons. The molecule has 0 radical (unpaired) electrons. The van der Waals surface area contributed by atoms with Crippen LogP contribution in [0.5, 0.6) is 0 Å². The zero-order chi connectivity index (χ0) is 14.6. The first-order chi connectivity index (χ1) is 9.62. The van der Waals surface area contributed by atoms with Crippen molar-refractivity contribution in [1.29, 1.82) is 0 Å². The Bertz CT molecular complexity index is 435. The molecule has 2 atom stereocenters. The minimum atomic E-state index is -0.446. The number of nitrogens with one attached hydrogen (secondary N) is 1. The summed E-state index contributed by atoms with van der Waals surface area (Å²) in [6.07, 6.45) is 1.68. The number of nitrogens with zero attached hydrogens (tertiary/aromatic N) is 1. The summed E-state index contributed by atoms with van der Waals surface area (Å²) in [4.78, 5) is 14.6. The molecule has 2 unspecified atom stereocenters. The fourth-order valence-electron chi connectivity index (χ4n) is 2.53. The van der Waals surface area contributed by atoms with Crippen LogP contribution in [0.1, 0.15) is 45.3 Å². The third kappa shape index (κ3) is 3.05. The molecule has 2 rings (SSSR count). The van der Waals surface area contributed by atoms with Crippen molar-refractivity contribution < 1.29 is 9.53 Å². The van der Waals surface area contributed by atoms with E-state index in [-0.39, 0.29) is 12.1 Å². The molecule has 1 aliphatic heterocycles. The molecule has 1 saturated heterocycles. The van der Waals surface area contributed by atoms with Crippen molar-refractivity contribution in [3.63, 3.8) is 0 Å². The standard InChI is InChI=1S/C15H24N2O2S/c1-4-15(3)14(18)17(8-6-9-19-5-2)13(16-15)12-7-10-20-11-12/h7,10-11,13,16H,4-6,8-9H2,1-3H3. The van der Waals surface area contributed by atoms with E-state index >= 15 is 0 Å². The number of hydrogen-bond acceptors (Lipinski definition) is 4. The summed E-state index contributed by atoms with van der Waals surface area (Å²) in [7, 11) is 0. The van der Waals surface area contributed by atoms with Gasteiger partial charge in [0.25, 0.3) is 0 Å². The number of thiophene rings is 1. The Labute approximate surface area is 125 Å². The van der Waals surface area contributed by atoms with Crippen LogP contribution in [0, 0.1) is 0 Å². The lowest BCUT2D eigenvalue weighted by atomic mass is 9.99. The predicted molar refractivity (Wildman–Crippen MR) is 81.7 cm³/mol. The maximum absolute atomic E-state index is 12.7. The molecule has 0 bridgehead atoms. The van der Waals surface area contributed by atoms with Gasteiger partial charge in [-0.25, -0.2) is 0 Å². The molecule has 0 aliphatic carbocycles. The van der Waals surface area contributed by atoms with Crippen molar-refractivity contribution in [2.75, 3.05) is 19.8 Å². The monoisotopic (exact) mass is 296 g/mol. The molecule has 1 fully saturated rings. The summed E-state index contributed by atoms with van der Waals surface area (Å²) >= 11 is 1.67. The summed E-state index contributed by atoms with van der Waals surface area (Å²) in [6, 6.07) is 2.09. The maximum atomic E-state index is 12.7. The average molecular weight is 296 g/mol. The fraction of sp³-hybridized carbons (Fsp3) is 0.667. The van der Waals surface area contributed by atoms with Crippen LogP contribution in [0.4, 0.5) is 0 Å². The van der Waals surface area contributed by atoms with Gasteiger partial charge in [0, 0.05) is 19.8 Å². The van der Waals surface area contributed by atoms with Gasteiger partial charge in [0.15, 0.2) is 0 Å². The average Bonchev–Trinajstić information content (AvgIpc) is 3.05. The van der Waals surface area contributed by atoms with Gasteiger partial charge in [-0.15, -0.1) is 0 Å². The van der Waals surface area contributed by atoms with E-state index in [0.717, 1.165) is 26.0 Å². The highest BCUT2D eigenvalue weighted by Gasteiger charge is 2.46. The molecule has 1 aromatic rings. The highest BCUT2D eigenvalue weighted by molar-refractivity contribution is 7.07. The first kappa shape index (κ1) is 15.5. The van der Waals surface area contributed by atoms with Crippen molar-refractivity contribution in [2.24, 2.45) is 0 Å². The molecule has 0 aromatic carbocycles. The molecular formula is C15H24N2O2S. The first-order valence-corrected chi connectivity index (χ1v) is 8.25. The normalized spacial score (nSPS) is 26.4. The van der Waals surface area contributed by atoms with Crippen LogP contribution < -0.4 is 5.32 Å². The second-order valence-electron chi connectivity index (χ2n) is 5.34. The Balaban J connectivity index is 2.09. The molecule has 1 N–H and O–H groups in total. The SMILES string of the molecule is CCOCCCN1C(=O)C(C)(CC)NC1c1ccsc1. The summed E-state index contributed by atoms with van der Waals surface area (Å²) in [5.41, 5.74) is 0.732. The molecule has 0 saturated carbocycles. The molecule has 1 amide bonds. The zero-order valence-corrected chi connectivity index (χ0v) is 13.3. The van der Waals surface area contributed by atoms with Crippen molar-refractivity contribution in [3.05, 3.63) is 22.4 Å². The van der Waals surface area contributed by atoms with Gasteiger partial charge in [-0.3, -0.25) is 10.1 Å². The number of hydrogen-bond donors (Lipinski definition) is 1. The number of carbonyl (C=O) groups is 1. The van der Waals surface area contributed by atoms with Crippen molar-refractivity contribution in [2.45, 2.75) is 45.3 Å². The highest BCUT2D eigenvalue weighted by atomic mass is 32.1. The number of rotatable bonds is 7. The molecule has 4 nitrogen and oxygen atoms in total. The molecular weight excluding hydrogens is 272 g/mol. The zero-order valence-electron chi connectivity index (χ0n) is 12.5. The topological polar surface area (TPSA) is 41.6 Å². The van der Waals surface area contributed by atoms with Gasteiger partial charge in [0.05, 0.1) is 5.54 Å². The number of amides is 1. The van der Waals surface area contributed by atoms with E-state index in [4.69, 9.17) is 4.74 Å². The van der Waals surface area contributed by atoms with Crippen LogP contribution in [0.3, 0.4) is 0 Å². The summed E-state index contributed by atoms with van der Waals surface area (Å²) in [5.74, 6) is 0.202. The number of carbonyl (C=O) groups excluding carboxylic acids is 1. The third-order valence-electron chi connectivity index (χ3n) is 3.96. The van der Waals surface area contributed by atoms with Crippen molar-refractivity contribution in [1.82, 2.24) is 10.2 Å². The predicted octanol–water partition coefficient (Wildman–Crippen LogP) is 2.77. The van der Waals surface area contributed by atoms with Gasteiger partial charge in [-0.2, -0.15) is 11.3 Å². The summed E-state index contributed by atoms with van der Waals surface area (Å²) in [6.45, 7) is 8.22. The van der Waals surface area contributed by atoms with Crippen molar-refractivity contribution >= 4 is 17.2 Å². The van der Waals surface area contributed by atoms with Gasteiger partial charge in [0.1, 0.15) is 6.17 Å². The van der Waals surface area contributed by atoms with E-state index in [1.165, 1.54) is 5.56 Å². The Hall–Kier alpha value is -0.910. The van der Waals surface area contributed by atoms with Crippen LogP contribution in [-0.2, 0) is 9.53 Å². The summed E-state index contributed by atoms with van der Waals surface area (Å²) < 4.78 is 5.38. The first-order valence-electron chi connectivity index (χ1n) is 7.31. The lowest BCUT2D eigenvalue weighted by Crippen LogP contribution is -2.43. The Morgan fingerprint density at radius 3 is 2.90 bits per heavy atom. The van der Waals surface area contributed by atoms with E-state index in [1.54, 1.807) is 11.3 Å². The minimum Gasteiger partial charge on any atom is -0.382 e. The number of ether oxygens (including phenoxy) is 1. The maximum Gasteiger partial charge on any atom is 0.244 e. The minimum absolute atomic E-state index is 0.000302. The largest absolute Gasteiger partial charge is 0.382 e. The van der Waals surface area contributed by atoms with Crippen LogP contribution in [0.15, 0.2) is 16.8 Å². The van der Waals surface area contributed by atoms with E-state index in [2.05, 4.69) is 29.1 Å². The Morgan fingerprint density at radius 2 is 2.30 bits per heavy atom.